The molecule has 100 valence electrons. The van der Waals surface area contributed by atoms with Crippen molar-refractivity contribution >= 4 is 5.97 Å². The van der Waals surface area contributed by atoms with E-state index in [-0.39, 0.29) is 30.8 Å². The third-order valence-corrected chi connectivity index (χ3v) is 2.28. The summed E-state index contributed by atoms with van der Waals surface area (Å²) in [5, 5.41) is 0. The molecule has 0 saturated heterocycles. The predicted molar refractivity (Wildman–Crippen MR) is 63.2 cm³/mol. The molecule has 0 bridgehead atoms. The first-order valence-corrected chi connectivity index (χ1v) is 5.69. The summed E-state index contributed by atoms with van der Waals surface area (Å²) in [4.78, 5) is 15.1. The minimum Gasteiger partial charge on any atom is -0.461 e. The van der Waals surface area contributed by atoms with Crippen LogP contribution >= 0.6 is 0 Å². The van der Waals surface area contributed by atoms with E-state index in [0.29, 0.717) is 5.56 Å². The Labute approximate surface area is 109 Å². The van der Waals surface area contributed by atoms with Gasteiger partial charge in [-0.25, -0.2) is 9.18 Å². The minimum atomic E-state index is -0.591. The molecule has 0 fully saturated rings. The van der Waals surface area contributed by atoms with E-state index in [1.165, 1.54) is 6.07 Å². The van der Waals surface area contributed by atoms with Crippen LogP contribution < -0.4 is 4.74 Å². The van der Waals surface area contributed by atoms with E-state index in [1.807, 2.05) is 0 Å². The lowest BCUT2D eigenvalue weighted by atomic mass is 10.2. The molecule has 0 saturated carbocycles. The van der Waals surface area contributed by atoms with Crippen LogP contribution in [0.5, 0.6) is 6.08 Å². The summed E-state index contributed by atoms with van der Waals surface area (Å²) in [6, 6.07) is 6.20. The van der Waals surface area contributed by atoms with E-state index in [9.17, 15) is 9.18 Å². The van der Waals surface area contributed by atoms with E-state index in [2.05, 4.69) is 4.98 Å². The van der Waals surface area contributed by atoms with Gasteiger partial charge in [-0.2, -0.15) is 4.98 Å². The normalized spacial score (nSPS) is 10.2. The molecular weight excluding hydrogens is 253 g/mol. The topological polar surface area (TPSA) is 61.6 Å². The highest BCUT2D eigenvalue weighted by Gasteiger charge is 2.14. The van der Waals surface area contributed by atoms with Crippen molar-refractivity contribution < 1.29 is 23.1 Å². The molecule has 0 N–H and O–H groups in total. The average molecular weight is 265 g/mol. The molecule has 2 rings (SSSR count). The Morgan fingerprint density at radius 2 is 2.21 bits per heavy atom. The summed E-state index contributed by atoms with van der Waals surface area (Å²) in [5.41, 5.74) is 0.392. The Morgan fingerprint density at radius 1 is 1.42 bits per heavy atom. The van der Waals surface area contributed by atoms with Crippen molar-refractivity contribution in [2.75, 3.05) is 6.61 Å². The van der Waals surface area contributed by atoms with E-state index in [4.69, 9.17) is 13.9 Å². The summed E-state index contributed by atoms with van der Waals surface area (Å²) in [6.45, 7) is 1.90. The number of aromatic nitrogens is 1. The molecule has 2 aromatic rings. The van der Waals surface area contributed by atoms with Crippen LogP contribution in [0.4, 0.5) is 4.39 Å². The molecule has 0 aliphatic rings. The monoisotopic (exact) mass is 265 g/mol. The average Bonchev–Trinajstić information content (AvgIpc) is 2.87. The van der Waals surface area contributed by atoms with Crippen molar-refractivity contribution in [2.45, 2.75) is 13.5 Å². The van der Waals surface area contributed by atoms with Crippen molar-refractivity contribution in [3.63, 3.8) is 0 Å². The molecule has 0 radical (unpaired) electrons. The number of esters is 1. The van der Waals surface area contributed by atoms with Crippen molar-refractivity contribution in [3.05, 3.63) is 47.6 Å². The predicted octanol–water partition coefficient (Wildman–Crippen LogP) is 2.57. The number of halogens is 1. The summed E-state index contributed by atoms with van der Waals surface area (Å²) >= 11 is 0. The van der Waals surface area contributed by atoms with Gasteiger partial charge in [0.05, 0.1) is 6.61 Å². The first-order valence-electron chi connectivity index (χ1n) is 5.69. The number of hydrogen-bond acceptors (Lipinski definition) is 5. The maximum Gasteiger partial charge on any atom is 0.394 e. The van der Waals surface area contributed by atoms with E-state index in [1.54, 1.807) is 25.1 Å². The van der Waals surface area contributed by atoms with Crippen LogP contribution in [0, 0.1) is 5.82 Å². The molecule has 0 aliphatic heterocycles. The molecule has 19 heavy (non-hydrogen) atoms. The fourth-order valence-corrected chi connectivity index (χ4v) is 1.38. The van der Waals surface area contributed by atoms with Gasteiger partial charge in [0.1, 0.15) is 18.7 Å². The van der Waals surface area contributed by atoms with Crippen molar-refractivity contribution in [1.82, 2.24) is 4.98 Å². The van der Waals surface area contributed by atoms with Crippen LogP contribution in [0.15, 0.2) is 34.9 Å². The molecule has 1 aromatic heterocycles. The number of rotatable bonds is 5. The Hall–Kier alpha value is -2.37. The zero-order valence-electron chi connectivity index (χ0n) is 10.3. The number of carbonyl (C=O) groups is 1. The van der Waals surface area contributed by atoms with Gasteiger partial charge in [0.25, 0.3) is 0 Å². The Morgan fingerprint density at radius 3 is 2.95 bits per heavy atom. The van der Waals surface area contributed by atoms with Gasteiger partial charge in [0.2, 0.25) is 0 Å². The van der Waals surface area contributed by atoms with Crippen molar-refractivity contribution in [2.24, 2.45) is 0 Å². The smallest absolute Gasteiger partial charge is 0.394 e. The SMILES string of the molecule is CCOC(=O)c1coc(OCc2ccccc2F)n1. The first kappa shape index (κ1) is 13.1. The molecule has 1 heterocycles. The quantitative estimate of drug-likeness (QED) is 0.777. The van der Waals surface area contributed by atoms with Gasteiger partial charge < -0.3 is 13.9 Å². The zero-order valence-corrected chi connectivity index (χ0v) is 10.3. The highest BCUT2D eigenvalue weighted by atomic mass is 19.1. The van der Waals surface area contributed by atoms with Crippen LogP contribution in [0.2, 0.25) is 0 Å². The lowest BCUT2D eigenvalue weighted by Crippen LogP contribution is -2.05. The highest BCUT2D eigenvalue weighted by molar-refractivity contribution is 5.86. The van der Waals surface area contributed by atoms with E-state index < -0.39 is 5.97 Å². The number of ether oxygens (including phenoxy) is 2. The number of benzene rings is 1. The minimum absolute atomic E-state index is 0.0189. The van der Waals surface area contributed by atoms with Gasteiger partial charge in [-0.15, -0.1) is 0 Å². The molecular formula is C13H12FNO4. The number of oxazole rings is 1. The zero-order chi connectivity index (χ0) is 13.7. The lowest BCUT2D eigenvalue weighted by molar-refractivity contribution is 0.0519. The fraction of sp³-hybridized carbons (Fsp3) is 0.231. The molecule has 0 aliphatic carbocycles. The first-order chi connectivity index (χ1) is 9.20. The summed E-state index contributed by atoms with van der Waals surface area (Å²) in [5.74, 6) is -0.966. The lowest BCUT2D eigenvalue weighted by Gasteiger charge is -2.02. The second kappa shape index (κ2) is 5.99. The number of nitrogens with zero attached hydrogens (tertiary/aromatic N) is 1. The fourth-order valence-electron chi connectivity index (χ4n) is 1.38. The largest absolute Gasteiger partial charge is 0.461 e. The van der Waals surface area contributed by atoms with Crippen LogP contribution in [-0.2, 0) is 11.3 Å². The summed E-state index contributed by atoms with van der Waals surface area (Å²) in [6.07, 6.45) is 1.03. The van der Waals surface area contributed by atoms with Gasteiger partial charge in [-0.1, -0.05) is 18.2 Å². The maximum atomic E-state index is 13.3. The second-order valence-electron chi connectivity index (χ2n) is 3.60. The van der Waals surface area contributed by atoms with Gasteiger partial charge in [0.15, 0.2) is 5.69 Å². The molecule has 0 amide bonds. The molecule has 0 atom stereocenters. The Kier molecular flexibility index (Phi) is 4.12. The van der Waals surface area contributed by atoms with Crippen molar-refractivity contribution in [3.8, 4) is 6.08 Å². The molecule has 0 spiro atoms. The third-order valence-electron chi connectivity index (χ3n) is 2.28. The number of hydrogen-bond donors (Lipinski definition) is 0. The third kappa shape index (κ3) is 3.31. The summed E-state index contributed by atoms with van der Waals surface area (Å²) < 4.78 is 28.2. The highest BCUT2D eigenvalue weighted by Crippen LogP contribution is 2.14. The van der Waals surface area contributed by atoms with Crippen LogP contribution in [0.3, 0.4) is 0 Å². The summed E-state index contributed by atoms with van der Waals surface area (Å²) in [7, 11) is 0. The van der Waals surface area contributed by atoms with Crippen LogP contribution in [0.1, 0.15) is 23.0 Å². The molecule has 1 aromatic carbocycles. The van der Waals surface area contributed by atoms with Gasteiger partial charge in [-0.3, -0.25) is 0 Å². The maximum absolute atomic E-state index is 13.3. The van der Waals surface area contributed by atoms with E-state index >= 15 is 0 Å². The Bertz CT molecular complexity index is 567. The molecule has 6 heteroatoms. The molecule has 5 nitrogen and oxygen atoms in total. The molecule has 0 unspecified atom stereocenters. The van der Waals surface area contributed by atoms with Crippen molar-refractivity contribution in [1.29, 1.82) is 0 Å². The number of carbonyl (C=O) groups excluding carboxylic acids is 1. The van der Waals surface area contributed by atoms with Gasteiger partial charge >= 0.3 is 12.0 Å². The second-order valence-corrected chi connectivity index (χ2v) is 3.60. The van der Waals surface area contributed by atoms with Gasteiger partial charge in [-0.05, 0) is 13.0 Å². The van der Waals surface area contributed by atoms with Gasteiger partial charge in [0, 0.05) is 5.56 Å². The standard InChI is InChI=1S/C13H12FNO4/c1-2-17-12(16)11-8-19-13(15-11)18-7-9-5-3-4-6-10(9)14/h3-6,8H,2,7H2,1H3. The van der Waals surface area contributed by atoms with Crippen LogP contribution in [-0.4, -0.2) is 17.6 Å². The Balaban J connectivity index is 1.97. The van der Waals surface area contributed by atoms with E-state index in [0.717, 1.165) is 6.26 Å². The van der Waals surface area contributed by atoms with Crippen LogP contribution in [0.25, 0.3) is 0 Å².